The van der Waals surface area contributed by atoms with Crippen molar-refractivity contribution in [3.05, 3.63) is 108 Å². The van der Waals surface area contributed by atoms with Crippen molar-refractivity contribution >= 4 is 29.4 Å². The van der Waals surface area contributed by atoms with Crippen LogP contribution in [0.3, 0.4) is 0 Å². The van der Waals surface area contributed by atoms with Crippen molar-refractivity contribution in [3.8, 4) is 17.2 Å². The lowest BCUT2D eigenvalue weighted by Gasteiger charge is -2.25. The van der Waals surface area contributed by atoms with Gasteiger partial charge in [0, 0.05) is 17.1 Å². The van der Waals surface area contributed by atoms with E-state index in [9.17, 15) is 14.4 Å². The van der Waals surface area contributed by atoms with Crippen LogP contribution in [0.5, 0.6) is 11.5 Å². The molecule has 1 atom stereocenters. The van der Waals surface area contributed by atoms with Gasteiger partial charge in [-0.2, -0.15) is 0 Å². The van der Waals surface area contributed by atoms with Crippen molar-refractivity contribution in [2.75, 3.05) is 27.4 Å². The number of carbonyl (C=O) groups excluding carboxylic acids is 2. The monoisotopic (exact) mass is 629 g/mol. The number of hydrogen-bond acceptors (Lipinski definition) is 9. The molecule has 1 unspecified atom stereocenters. The molecule has 0 radical (unpaired) electrons. The second kappa shape index (κ2) is 13.0. The zero-order valence-electron chi connectivity index (χ0n) is 26.3. The maximum absolute atomic E-state index is 14.1. The summed E-state index contributed by atoms with van der Waals surface area (Å²) in [6.45, 7) is 9.71. The summed E-state index contributed by atoms with van der Waals surface area (Å²) < 4.78 is 25.5. The molecule has 5 rings (SSSR count). The molecular formula is C34H35N3O7S. The lowest BCUT2D eigenvalue weighted by molar-refractivity contribution is -0.139. The molecule has 0 saturated heterocycles. The number of aromatic nitrogens is 2. The number of rotatable bonds is 9. The van der Waals surface area contributed by atoms with Gasteiger partial charge in [0.25, 0.3) is 5.56 Å². The van der Waals surface area contributed by atoms with E-state index >= 15 is 0 Å². The lowest BCUT2D eigenvalue weighted by atomic mass is 9.95. The Hall–Kier alpha value is -4.90. The minimum Gasteiger partial charge on any atom is -0.493 e. The van der Waals surface area contributed by atoms with E-state index in [1.54, 1.807) is 56.7 Å². The number of ether oxygens (including phenoxy) is 4. The Morgan fingerprint density at radius 3 is 2.22 bits per heavy atom. The van der Waals surface area contributed by atoms with Crippen LogP contribution in [0.25, 0.3) is 11.8 Å². The van der Waals surface area contributed by atoms with Crippen LogP contribution in [0.1, 0.15) is 59.7 Å². The first-order chi connectivity index (χ1) is 21.6. The summed E-state index contributed by atoms with van der Waals surface area (Å²) in [5.41, 5.74) is 5.22. The zero-order valence-corrected chi connectivity index (χ0v) is 27.1. The van der Waals surface area contributed by atoms with Crippen molar-refractivity contribution in [2.24, 2.45) is 4.99 Å². The number of thiazole rings is 1. The van der Waals surface area contributed by atoms with E-state index in [1.165, 1.54) is 18.4 Å². The van der Waals surface area contributed by atoms with Crippen molar-refractivity contribution in [3.63, 3.8) is 0 Å². The van der Waals surface area contributed by atoms with Crippen LogP contribution in [0.15, 0.2) is 69.6 Å². The third-order valence-corrected chi connectivity index (χ3v) is 8.62. The SMILES string of the molecule is CCOC(=O)C1=C(C)N=c2s/c(=C/c3cc(C)n(-c4ccc(C(=O)OCC)cc4)c3C)c(=O)n2C1c1ccc(OC)c(OC)c1. The van der Waals surface area contributed by atoms with Gasteiger partial charge in [-0.05, 0) is 94.3 Å². The third-order valence-electron chi connectivity index (χ3n) is 7.63. The normalized spacial score (nSPS) is 14.6. The van der Waals surface area contributed by atoms with Gasteiger partial charge < -0.3 is 23.5 Å². The van der Waals surface area contributed by atoms with Gasteiger partial charge in [0.05, 0.1) is 54.8 Å². The topological polar surface area (TPSA) is 110 Å². The number of benzene rings is 2. The van der Waals surface area contributed by atoms with E-state index in [2.05, 4.69) is 9.56 Å². The highest BCUT2D eigenvalue weighted by atomic mass is 32.1. The highest BCUT2D eigenvalue weighted by molar-refractivity contribution is 7.07. The summed E-state index contributed by atoms with van der Waals surface area (Å²) >= 11 is 1.26. The lowest BCUT2D eigenvalue weighted by Crippen LogP contribution is -2.40. The van der Waals surface area contributed by atoms with Gasteiger partial charge >= 0.3 is 11.9 Å². The molecule has 0 fully saturated rings. The van der Waals surface area contributed by atoms with Crippen LogP contribution >= 0.6 is 11.3 Å². The first kappa shape index (κ1) is 31.5. The van der Waals surface area contributed by atoms with Gasteiger partial charge in [0.2, 0.25) is 0 Å². The minimum atomic E-state index is -0.785. The number of carbonyl (C=O) groups is 2. The minimum absolute atomic E-state index is 0.180. The van der Waals surface area contributed by atoms with Gasteiger partial charge in [-0.15, -0.1) is 0 Å². The molecular weight excluding hydrogens is 594 g/mol. The van der Waals surface area contributed by atoms with Crippen molar-refractivity contribution in [2.45, 2.75) is 40.7 Å². The largest absolute Gasteiger partial charge is 0.493 e. The maximum atomic E-state index is 14.1. The Morgan fingerprint density at radius 2 is 1.58 bits per heavy atom. The predicted octanol–water partition coefficient (Wildman–Crippen LogP) is 4.40. The fraction of sp³-hybridized carbons (Fsp3) is 0.294. The maximum Gasteiger partial charge on any atom is 0.338 e. The van der Waals surface area contributed by atoms with Gasteiger partial charge in [-0.25, -0.2) is 14.6 Å². The molecule has 4 aromatic rings. The quantitative estimate of drug-likeness (QED) is 0.253. The van der Waals surface area contributed by atoms with Gasteiger partial charge in [0.15, 0.2) is 16.3 Å². The second-order valence-corrected chi connectivity index (χ2v) is 11.4. The van der Waals surface area contributed by atoms with Gasteiger partial charge in [-0.3, -0.25) is 9.36 Å². The number of methoxy groups -OCH3 is 2. The third kappa shape index (κ3) is 5.83. The number of aryl methyl sites for hydroxylation is 1. The number of nitrogens with zero attached hydrogens (tertiary/aromatic N) is 3. The summed E-state index contributed by atoms with van der Waals surface area (Å²) in [5.74, 6) is 0.0924. The molecule has 0 saturated carbocycles. The molecule has 0 aliphatic carbocycles. The number of allylic oxidation sites excluding steroid dienone is 1. The average Bonchev–Trinajstić information content (AvgIpc) is 3.49. The van der Waals surface area contributed by atoms with E-state index < -0.39 is 12.0 Å². The smallest absolute Gasteiger partial charge is 0.338 e. The van der Waals surface area contributed by atoms with E-state index in [-0.39, 0.29) is 23.7 Å². The Kier molecular flexibility index (Phi) is 9.10. The summed E-state index contributed by atoms with van der Waals surface area (Å²) in [4.78, 5) is 44.7. The molecule has 0 N–H and O–H groups in total. The van der Waals surface area contributed by atoms with Crippen LogP contribution in [-0.4, -0.2) is 48.5 Å². The fourth-order valence-corrected chi connectivity index (χ4v) is 6.60. The zero-order chi connectivity index (χ0) is 32.4. The van der Waals surface area contributed by atoms with Gasteiger partial charge in [-0.1, -0.05) is 17.4 Å². The van der Waals surface area contributed by atoms with Crippen LogP contribution in [0.4, 0.5) is 0 Å². The average molecular weight is 630 g/mol. The van der Waals surface area contributed by atoms with Crippen molar-refractivity contribution in [1.82, 2.24) is 9.13 Å². The molecule has 1 aliphatic rings. The van der Waals surface area contributed by atoms with Crippen molar-refractivity contribution in [1.29, 1.82) is 0 Å². The molecule has 45 heavy (non-hydrogen) atoms. The van der Waals surface area contributed by atoms with E-state index in [4.69, 9.17) is 18.9 Å². The highest BCUT2D eigenvalue weighted by Crippen LogP contribution is 2.36. The fourth-order valence-electron chi connectivity index (χ4n) is 5.56. The first-order valence-corrected chi connectivity index (χ1v) is 15.3. The molecule has 0 spiro atoms. The van der Waals surface area contributed by atoms with E-state index in [0.29, 0.717) is 44.3 Å². The first-order valence-electron chi connectivity index (χ1n) is 14.5. The molecule has 3 heterocycles. The molecule has 2 aromatic carbocycles. The highest BCUT2D eigenvalue weighted by Gasteiger charge is 2.34. The molecule has 10 nitrogen and oxygen atoms in total. The predicted molar refractivity (Wildman–Crippen MR) is 171 cm³/mol. The van der Waals surface area contributed by atoms with Gasteiger partial charge in [0.1, 0.15) is 0 Å². The Balaban J connectivity index is 1.63. The van der Waals surface area contributed by atoms with Crippen LogP contribution in [0.2, 0.25) is 0 Å². The van der Waals surface area contributed by atoms with E-state index in [0.717, 1.165) is 22.6 Å². The number of hydrogen-bond donors (Lipinski definition) is 0. The molecule has 11 heteroatoms. The molecule has 0 amide bonds. The number of fused-ring (bicyclic) bond motifs is 1. The Morgan fingerprint density at radius 1 is 0.911 bits per heavy atom. The molecule has 0 bridgehead atoms. The van der Waals surface area contributed by atoms with Crippen LogP contribution < -0.4 is 24.4 Å². The molecule has 1 aliphatic heterocycles. The summed E-state index contributed by atoms with van der Waals surface area (Å²) in [6, 6.07) is 13.8. The van der Waals surface area contributed by atoms with E-state index in [1.807, 2.05) is 44.2 Å². The van der Waals surface area contributed by atoms with Crippen LogP contribution in [0, 0.1) is 13.8 Å². The summed E-state index contributed by atoms with van der Waals surface area (Å²) in [5, 5.41) is 0. The standard InChI is InChI=1S/C34H35N3O7S/c1-8-43-32(39)22-10-13-25(14-11-22)36-19(3)16-24(21(36)5)18-28-31(38)37-30(23-12-15-26(41-6)27(17-23)42-7)29(33(40)44-9-2)20(4)35-34(37)45-28/h10-18,30H,8-9H2,1-7H3/b28-18+. The Labute approximate surface area is 264 Å². The molecule has 2 aromatic heterocycles. The van der Waals surface area contributed by atoms with Crippen LogP contribution in [-0.2, 0) is 14.3 Å². The summed E-state index contributed by atoms with van der Waals surface area (Å²) in [7, 11) is 3.08. The Bertz CT molecular complexity index is 2000. The number of esters is 2. The second-order valence-electron chi connectivity index (χ2n) is 10.3. The summed E-state index contributed by atoms with van der Waals surface area (Å²) in [6.07, 6.45) is 1.85. The molecule has 234 valence electrons. The van der Waals surface area contributed by atoms with Crippen molar-refractivity contribution < 1.29 is 28.5 Å².